The van der Waals surface area contributed by atoms with Crippen LogP contribution in [0.2, 0.25) is 0 Å². The van der Waals surface area contributed by atoms with E-state index < -0.39 is 29.9 Å². The number of nitrogens with one attached hydrogen (secondary N) is 1. The number of aromatic amines is 1. The third kappa shape index (κ3) is 4.67. The molecule has 38 heavy (non-hydrogen) atoms. The van der Waals surface area contributed by atoms with Gasteiger partial charge in [0.25, 0.3) is 6.01 Å². The number of hydrogen-bond donors (Lipinski definition) is 3. The largest absolute Gasteiger partial charge is 0.459 e. The van der Waals surface area contributed by atoms with Crippen LogP contribution in [0.4, 0.5) is 8.78 Å². The van der Waals surface area contributed by atoms with E-state index in [2.05, 4.69) is 15.0 Å². The van der Waals surface area contributed by atoms with Crippen molar-refractivity contribution in [2.45, 2.75) is 24.7 Å². The van der Waals surface area contributed by atoms with Gasteiger partial charge in [-0.25, -0.2) is 13.8 Å². The lowest BCUT2D eigenvalue weighted by molar-refractivity contribution is -0.131. The van der Waals surface area contributed by atoms with Crippen LogP contribution in [-0.2, 0) is 4.74 Å². The molecule has 3 aromatic carbocycles. The molecule has 3 atom stereocenters. The molecule has 0 amide bonds. The molecule has 194 valence electrons. The molecule has 6 rings (SSSR count). The Kier molecular flexibility index (Phi) is 6.62. The highest BCUT2D eigenvalue weighted by Gasteiger charge is 2.31. The molecule has 1 fully saturated rings. The maximum Gasteiger partial charge on any atom is 0.295 e. The molecule has 0 radical (unpaired) electrons. The average Bonchev–Trinajstić information content (AvgIpc) is 3.60. The number of aromatic nitrogens is 3. The van der Waals surface area contributed by atoms with Crippen LogP contribution in [0.25, 0.3) is 43.9 Å². The Labute approximate surface area is 220 Å². The maximum atomic E-state index is 15.5. The van der Waals surface area contributed by atoms with E-state index in [0.29, 0.717) is 5.56 Å². The van der Waals surface area contributed by atoms with Gasteiger partial charge >= 0.3 is 0 Å². The van der Waals surface area contributed by atoms with Crippen molar-refractivity contribution in [3.05, 3.63) is 77.8 Å². The maximum absolute atomic E-state index is 15.5. The van der Waals surface area contributed by atoms with Gasteiger partial charge in [-0.3, -0.25) is 0 Å². The van der Waals surface area contributed by atoms with Crippen molar-refractivity contribution in [3.63, 3.8) is 0 Å². The summed E-state index contributed by atoms with van der Waals surface area (Å²) < 4.78 is 41.6. The van der Waals surface area contributed by atoms with Gasteiger partial charge in [0.05, 0.1) is 30.4 Å². The second kappa shape index (κ2) is 10.2. The summed E-state index contributed by atoms with van der Waals surface area (Å²) in [6.45, 7) is -0.173. The minimum Gasteiger partial charge on any atom is -0.459 e. The molecular weight excluding hydrogens is 512 g/mol. The van der Waals surface area contributed by atoms with Gasteiger partial charge in [-0.15, -0.1) is 11.3 Å². The van der Waals surface area contributed by atoms with Gasteiger partial charge in [0.15, 0.2) is 5.82 Å². The molecule has 3 N–H and O–H groups in total. The van der Waals surface area contributed by atoms with Crippen LogP contribution in [0.3, 0.4) is 0 Å². The zero-order chi connectivity index (χ0) is 26.2. The number of aliphatic hydroxyl groups excluding tert-OH is 2. The Morgan fingerprint density at radius 1 is 1.03 bits per heavy atom. The zero-order valence-electron chi connectivity index (χ0n) is 20.0. The summed E-state index contributed by atoms with van der Waals surface area (Å²) >= 11 is 1.57. The van der Waals surface area contributed by atoms with Gasteiger partial charge in [0, 0.05) is 29.6 Å². The molecule has 0 spiro atoms. The van der Waals surface area contributed by atoms with E-state index in [1.165, 1.54) is 6.07 Å². The number of nitrogens with zero attached hydrogens (tertiary/aromatic N) is 2. The fourth-order valence-electron chi connectivity index (χ4n) is 4.62. The van der Waals surface area contributed by atoms with Crippen molar-refractivity contribution >= 4 is 22.4 Å². The van der Waals surface area contributed by atoms with Gasteiger partial charge in [-0.05, 0) is 16.7 Å². The number of ether oxygens (including phenoxy) is 2. The van der Waals surface area contributed by atoms with Crippen molar-refractivity contribution in [2.75, 3.05) is 13.2 Å². The van der Waals surface area contributed by atoms with E-state index in [1.54, 1.807) is 29.7 Å². The molecule has 7 nitrogen and oxygen atoms in total. The van der Waals surface area contributed by atoms with Crippen LogP contribution in [0, 0.1) is 11.6 Å². The lowest BCUT2D eigenvalue weighted by Gasteiger charge is -2.31. The van der Waals surface area contributed by atoms with Crippen LogP contribution >= 0.6 is 11.3 Å². The van der Waals surface area contributed by atoms with E-state index in [0.717, 1.165) is 21.7 Å². The number of halogens is 2. The van der Waals surface area contributed by atoms with Crippen molar-refractivity contribution in [1.29, 1.82) is 0 Å². The Bertz CT molecular complexity index is 1560. The van der Waals surface area contributed by atoms with Crippen molar-refractivity contribution in [1.82, 2.24) is 15.0 Å². The van der Waals surface area contributed by atoms with Crippen molar-refractivity contribution in [3.8, 4) is 38.8 Å². The number of fused-ring (bicyclic) bond motifs is 1. The number of rotatable bonds is 6. The summed E-state index contributed by atoms with van der Waals surface area (Å²) in [5, 5.41) is 22.1. The second-order valence-electron chi connectivity index (χ2n) is 9.07. The first kappa shape index (κ1) is 24.6. The zero-order valence-corrected chi connectivity index (χ0v) is 20.8. The highest BCUT2D eigenvalue weighted by molar-refractivity contribution is 7.13. The molecule has 1 saturated heterocycles. The first-order chi connectivity index (χ1) is 18.5. The minimum absolute atomic E-state index is 0.00441. The SMILES string of the molecule is OC[C@H]1OC[C@H](Oc2nc3c(F)c(-c4ccc(-c5ccc(-c6nccs6)cc5)cc4)c(F)cc3[nH]2)C[C@@H]1O. The third-order valence-corrected chi connectivity index (χ3v) is 7.43. The number of benzene rings is 3. The van der Waals surface area contributed by atoms with Crippen molar-refractivity contribution < 1.29 is 28.5 Å². The van der Waals surface area contributed by atoms with E-state index >= 15 is 8.78 Å². The monoisotopic (exact) mass is 535 g/mol. The normalized spacial score (nSPS) is 19.6. The molecule has 0 saturated carbocycles. The molecule has 3 heterocycles. The van der Waals surface area contributed by atoms with Crippen LogP contribution in [0.15, 0.2) is 66.2 Å². The molecule has 5 aromatic rings. The molecule has 2 aromatic heterocycles. The lowest BCUT2D eigenvalue weighted by atomic mass is 9.98. The lowest BCUT2D eigenvalue weighted by Crippen LogP contribution is -2.45. The Morgan fingerprint density at radius 2 is 1.71 bits per heavy atom. The quantitative estimate of drug-likeness (QED) is 0.277. The Morgan fingerprint density at radius 3 is 2.34 bits per heavy atom. The van der Waals surface area contributed by atoms with E-state index in [-0.39, 0.29) is 42.2 Å². The summed E-state index contributed by atoms with van der Waals surface area (Å²) in [6.07, 6.45) is -0.144. The van der Waals surface area contributed by atoms with Gasteiger partial charge in [-0.2, -0.15) is 4.98 Å². The first-order valence-electron chi connectivity index (χ1n) is 12.1. The fraction of sp³-hybridized carbons (Fsp3) is 0.214. The third-order valence-electron chi connectivity index (χ3n) is 6.61. The highest BCUT2D eigenvalue weighted by atomic mass is 32.1. The first-order valence-corrected chi connectivity index (χ1v) is 12.9. The Balaban J connectivity index is 1.23. The molecular formula is C28H23F2N3O4S. The van der Waals surface area contributed by atoms with Gasteiger partial charge in [-0.1, -0.05) is 48.5 Å². The van der Waals surface area contributed by atoms with E-state index in [9.17, 15) is 10.2 Å². The molecule has 0 aliphatic carbocycles. The summed E-state index contributed by atoms with van der Waals surface area (Å²) in [7, 11) is 0. The summed E-state index contributed by atoms with van der Waals surface area (Å²) in [4.78, 5) is 11.3. The minimum atomic E-state index is -0.900. The van der Waals surface area contributed by atoms with Gasteiger partial charge in [0.2, 0.25) is 0 Å². The molecule has 0 bridgehead atoms. The predicted octanol–water partition coefficient (Wildman–Crippen LogP) is 5.19. The van der Waals surface area contributed by atoms with E-state index in [4.69, 9.17) is 9.47 Å². The smallest absolute Gasteiger partial charge is 0.295 e. The van der Waals surface area contributed by atoms with Gasteiger partial charge in [0.1, 0.15) is 28.5 Å². The summed E-state index contributed by atoms with van der Waals surface area (Å²) in [5.41, 5.74) is 3.23. The molecule has 1 aliphatic heterocycles. The summed E-state index contributed by atoms with van der Waals surface area (Å²) in [5.74, 6) is -1.53. The summed E-state index contributed by atoms with van der Waals surface area (Å²) in [6, 6.07) is 16.2. The van der Waals surface area contributed by atoms with E-state index in [1.807, 2.05) is 41.8 Å². The van der Waals surface area contributed by atoms with Crippen LogP contribution in [-0.4, -0.2) is 56.7 Å². The number of hydrogen-bond acceptors (Lipinski definition) is 7. The fourth-order valence-corrected chi connectivity index (χ4v) is 5.27. The van der Waals surface area contributed by atoms with Crippen LogP contribution in [0.1, 0.15) is 6.42 Å². The number of imidazole rings is 1. The number of aliphatic hydroxyl groups is 2. The molecule has 0 unspecified atom stereocenters. The highest BCUT2D eigenvalue weighted by Crippen LogP contribution is 2.34. The molecule has 1 aliphatic rings. The van der Waals surface area contributed by atoms with Crippen LogP contribution < -0.4 is 4.74 Å². The average molecular weight is 536 g/mol. The van der Waals surface area contributed by atoms with Crippen molar-refractivity contribution in [2.24, 2.45) is 0 Å². The van der Waals surface area contributed by atoms with Crippen LogP contribution in [0.5, 0.6) is 6.01 Å². The van der Waals surface area contributed by atoms with Gasteiger partial charge < -0.3 is 24.7 Å². The topological polar surface area (TPSA) is 100 Å². The Hall–Kier alpha value is -3.70. The standard InChI is InChI=1S/C28H23F2N3O4S/c29-20-12-21-26(33-28(32-21)37-19-11-22(35)23(13-34)36-14-19)25(30)24(20)17-5-1-15(2-6-17)16-3-7-18(8-4-16)27-31-9-10-38-27/h1-10,12,19,22-23,34-35H,11,13-14H2,(H,32,33)/t19-,22+,23-/m1/s1. The number of H-pyrrole nitrogens is 1. The number of thiazole rings is 1. The molecule has 10 heteroatoms. The second-order valence-corrected chi connectivity index (χ2v) is 9.97. The predicted molar refractivity (Wildman–Crippen MR) is 140 cm³/mol.